The second-order valence-corrected chi connectivity index (χ2v) is 9.78. The molecule has 6 nitrogen and oxygen atoms in total. The minimum Gasteiger partial charge on any atom is -0.484 e. The lowest BCUT2D eigenvalue weighted by Gasteiger charge is -2.28. The van der Waals surface area contributed by atoms with E-state index in [1.807, 2.05) is 47.4 Å². The predicted molar refractivity (Wildman–Crippen MR) is 125 cm³/mol. The van der Waals surface area contributed by atoms with Gasteiger partial charge >= 0.3 is 0 Å². The van der Waals surface area contributed by atoms with Crippen molar-refractivity contribution < 1.29 is 17.9 Å². The molecule has 4 rings (SSSR count). The number of benzene rings is 3. The Morgan fingerprint density at radius 1 is 0.938 bits per heavy atom. The van der Waals surface area contributed by atoms with Gasteiger partial charge in [0, 0.05) is 13.1 Å². The highest BCUT2D eigenvalue weighted by Crippen LogP contribution is 2.24. The maximum absolute atomic E-state index is 12.6. The first-order valence-electron chi connectivity index (χ1n) is 10.5. The Kier molecular flexibility index (Phi) is 6.46. The van der Waals surface area contributed by atoms with E-state index in [1.165, 1.54) is 21.7 Å². The molecule has 0 bridgehead atoms. The monoisotopic (exact) mass is 450 g/mol. The van der Waals surface area contributed by atoms with Crippen LogP contribution < -0.4 is 9.04 Å². The van der Waals surface area contributed by atoms with Crippen LogP contribution in [0.25, 0.3) is 0 Å². The van der Waals surface area contributed by atoms with E-state index in [0.29, 0.717) is 24.5 Å². The van der Waals surface area contributed by atoms with Gasteiger partial charge in [-0.3, -0.25) is 9.10 Å². The molecule has 7 heteroatoms. The van der Waals surface area contributed by atoms with Crippen LogP contribution in [0.15, 0.2) is 78.9 Å². The molecule has 0 saturated carbocycles. The highest BCUT2D eigenvalue weighted by Gasteiger charge is 2.21. The van der Waals surface area contributed by atoms with Crippen LogP contribution in [0.3, 0.4) is 0 Å². The number of rotatable bonds is 7. The molecule has 0 fully saturated rings. The number of ether oxygens (including phenoxy) is 1. The second kappa shape index (κ2) is 9.44. The van der Waals surface area contributed by atoms with Gasteiger partial charge in [-0.1, -0.05) is 54.6 Å². The fraction of sp³-hybridized carbons (Fsp3) is 0.240. The maximum atomic E-state index is 12.6. The van der Waals surface area contributed by atoms with Gasteiger partial charge in [-0.25, -0.2) is 8.42 Å². The van der Waals surface area contributed by atoms with Gasteiger partial charge in [-0.05, 0) is 47.4 Å². The Morgan fingerprint density at radius 2 is 1.59 bits per heavy atom. The summed E-state index contributed by atoms with van der Waals surface area (Å²) in [6.07, 6.45) is 2.04. The zero-order valence-corrected chi connectivity index (χ0v) is 18.8. The highest BCUT2D eigenvalue weighted by atomic mass is 32.2. The molecule has 1 amide bonds. The average molecular weight is 451 g/mol. The topological polar surface area (TPSA) is 66.9 Å². The summed E-state index contributed by atoms with van der Waals surface area (Å²) in [4.78, 5) is 14.4. The van der Waals surface area contributed by atoms with E-state index in [4.69, 9.17) is 4.74 Å². The van der Waals surface area contributed by atoms with E-state index >= 15 is 0 Å². The Bertz CT molecular complexity index is 1180. The molecule has 0 saturated heterocycles. The molecule has 0 spiro atoms. The molecule has 3 aromatic rings. The third kappa shape index (κ3) is 5.29. The standard InChI is InChI=1S/C25H26N2O4S/c1-32(29,30)27(17-20-7-3-2-4-8-20)23-11-13-24(14-12-23)31-19-25(28)26-16-15-21-9-5-6-10-22(21)18-26/h2-14H,15-19H2,1H3. The van der Waals surface area contributed by atoms with E-state index in [-0.39, 0.29) is 19.1 Å². The van der Waals surface area contributed by atoms with Crippen LogP contribution in [0.2, 0.25) is 0 Å². The van der Waals surface area contributed by atoms with E-state index in [2.05, 4.69) is 12.1 Å². The van der Waals surface area contributed by atoms with E-state index < -0.39 is 10.0 Å². The predicted octanol–water partition coefficient (Wildman–Crippen LogP) is 3.62. The van der Waals surface area contributed by atoms with Crippen molar-refractivity contribution in [2.45, 2.75) is 19.5 Å². The van der Waals surface area contributed by atoms with Gasteiger partial charge in [-0.15, -0.1) is 0 Å². The van der Waals surface area contributed by atoms with Gasteiger partial charge in [0.1, 0.15) is 5.75 Å². The first-order chi connectivity index (χ1) is 15.4. The van der Waals surface area contributed by atoms with Gasteiger partial charge in [0.25, 0.3) is 5.91 Å². The van der Waals surface area contributed by atoms with Crippen molar-refractivity contribution >= 4 is 21.6 Å². The Labute approximate surface area is 189 Å². The first-order valence-corrected chi connectivity index (χ1v) is 12.3. The van der Waals surface area contributed by atoms with Crippen LogP contribution in [-0.2, 0) is 34.3 Å². The zero-order chi connectivity index (χ0) is 22.6. The van der Waals surface area contributed by atoms with Gasteiger partial charge in [0.05, 0.1) is 18.5 Å². The largest absolute Gasteiger partial charge is 0.484 e. The summed E-state index contributed by atoms with van der Waals surface area (Å²) in [7, 11) is -3.46. The molecule has 0 N–H and O–H groups in total. The molecule has 0 aliphatic carbocycles. The Morgan fingerprint density at radius 3 is 2.28 bits per heavy atom. The lowest BCUT2D eigenvalue weighted by atomic mass is 10.00. The number of anilines is 1. The number of amides is 1. The molecular weight excluding hydrogens is 424 g/mol. The summed E-state index contributed by atoms with van der Waals surface area (Å²) in [5.74, 6) is 0.457. The van der Waals surface area contributed by atoms with E-state index in [9.17, 15) is 13.2 Å². The van der Waals surface area contributed by atoms with Crippen molar-refractivity contribution in [3.05, 3.63) is 95.6 Å². The van der Waals surface area contributed by atoms with Crippen molar-refractivity contribution in [1.82, 2.24) is 4.90 Å². The van der Waals surface area contributed by atoms with Crippen LogP contribution in [0.4, 0.5) is 5.69 Å². The molecular formula is C25H26N2O4S. The van der Waals surface area contributed by atoms with E-state index in [1.54, 1.807) is 24.3 Å². The number of sulfonamides is 1. The highest BCUT2D eigenvalue weighted by molar-refractivity contribution is 7.92. The molecule has 0 aromatic heterocycles. The number of fused-ring (bicyclic) bond motifs is 1. The molecule has 32 heavy (non-hydrogen) atoms. The van der Waals surface area contributed by atoms with Crippen LogP contribution in [0, 0.1) is 0 Å². The normalized spacial score (nSPS) is 13.3. The second-order valence-electron chi connectivity index (χ2n) is 7.87. The molecule has 1 aliphatic rings. The van der Waals surface area contributed by atoms with Crippen molar-refractivity contribution in [3.8, 4) is 5.75 Å². The summed E-state index contributed by atoms with van der Waals surface area (Å²) in [5, 5.41) is 0. The minimum atomic E-state index is -3.46. The van der Waals surface area contributed by atoms with E-state index in [0.717, 1.165) is 12.0 Å². The van der Waals surface area contributed by atoms with Crippen molar-refractivity contribution in [2.75, 3.05) is 23.7 Å². The molecule has 1 heterocycles. The number of carbonyl (C=O) groups is 1. The van der Waals surface area contributed by atoms with Crippen LogP contribution in [0.5, 0.6) is 5.75 Å². The summed E-state index contributed by atoms with van der Waals surface area (Å²) < 4.78 is 31.7. The number of nitrogens with zero attached hydrogens (tertiary/aromatic N) is 2. The number of hydrogen-bond donors (Lipinski definition) is 0. The van der Waals surface area contributed by atoms with Crippen LogP contribution in [-0.4, -0.2) is 38.6 Å². The summed E-state index contributed by atoms with van der Waals surface area (Å²) in [5.41, 5.74) is 3.91. The molecule has 0 atom stereocenters. The van der Waals surface area contributed by atoms with Gasteiger partial charge in [0.15, 0.2) is 6.61 Å². The molecule has 0 unspecified atom stereocenters. The lowest BCUT2D eigenvalue weighted by molar-refractivity contribution is -0.134. The van der Waals surface area contributed by atoms with Crippen LogP contribution >= 0.6 is 0 Å². The summed E-state index contributed by atoms with van der Waals surface area (Å²) in [6.45, 7) is 1.47. The fourth-order valence-corrected chi connectivity index (χ4v) is 4.69. The van der Waals surface area contributed by atoms with Crippen molar-refractivity contribution in [1.29, 1.82) is 0 Å². The molecule has 3 aromatic carbocycles. The SMILES string of the molecule is CS(=O)(=O)N(Cc1ccccc1)c1ccc(OCC(=O)N2CCc3ccccc3C2)cc1. The first kappa shape index (κ1) is 21.9. The van der Waals surface area contributed by atoms with Crippen molar-refractivity contribution in [2.24, 2.45) is 0 Å². The number of carbonyl (C=O) groups excluding carboxylic acids is 1. The average Bonchev–Trinajstić information content (AvgIpc) is 2.81. The third-order valence-electron chi connectivity index (χ3n) is 5.54. The quantitative estimate of drug-likeness (QED) is 0.552. The molecule has 166 valence electrons. The summed E-state index contributed by atoms with van der Waals surface area (Å²) in [6, 6.07) is 24.4. The third-order valence-corrected chi connectivity index (χ3v) is 6.68. The maximum Gasteiger partial charge on any atom is 0.260 e. The molecule has 0 radical (unpaired) electrons. The smallest absolute Gasteiger partial charge is 0.260 e. The molecule has 1 aliphatic heterocycles. The minimum absolute atomic E-state index is 0.0542. The van der Waals surface area contributed by atoms with Gasteiger partial charge < -0.3 is 9.64 Å². The zero-order valence-electron chi connectivity index (χ0n) is 18.0. The summed E-state index contributed by atoms with van der Waals surface area (Å²) >= 11 is 0. The fourth-order valence-electron chi connectivity index (χ4n) is 3.80. The lowest BCUT2D eigenvalue weighted by Crippen LogP contribution is -2.38. The van der Waals surface area contributed by atoms with Gasteiger partial charge in [-0.2, -0.15) is 0 Å². The van der Waals surface area contributed by atoms with Crippen molar-refractivity contribution in [3.63, 3.8) is 0 Å². The Balaban J connectivity index is 1.38. The Hall–Kier alpha value is -3.32. The number of hydrogen-bond acceptors (Lipinski definition) is 4. The van der Waals surface area contributed by atoms with Gasteiger partial charge in [0.2, 0.25) is 10.0 Å². The van der Waals surface area contributed by atoms with Crippen LogP contribution in [0.1, 0.15) is 16.7 Å².